The Balaban J connectivity index is 0.000000561. The average molecular weight is 169 g/mol. The van der Waals surface area contributed by atoms with E-state index in [-0.39, 0.29) is 0 Å². The second-order valence-electron chi connectivity index (χ2n) is 2.16. The Morgan fingerprint density at radius 3 is 2.25 bits per heavy atom. The maximum absolute atomic E-state index is 10.7. The Bertz CT molecular complexity index is 246. The molecule has 68 valence electrons. The number of carbonyl (C=O) groups is 1. The van der Waals surface area contributed by atoms with E-state index >= 15 is 0 Å². The van der Waals surface area contributed by atoms with Crippen LogP contribution in [-0.2, 0) is 7.05 Å². The minimum absolute atomic E-state index is 0.433. The fraction of sp³-hybridized carbons (Fsp3) is 0.500. The van der Waals surface area contributed by atoms with Crippen molar-refractivity contribution in [1.29, 1.82) is 0 Å². The maximum Gasteiger partial charge on any atom is 0.267 e. The van der Waals surface area contributed by atoms with Crippen LogP contribution in [0.1, 0.15) is 29.9 Å². The van der Waals surface area contributed by atoms with Gasteiger partial charge in [0.25, 0.3) is 5.91 Å². The van der Waals surface area contributed by atoms with E-state index in [2.05, 4.69) is 5.10 Å². The number of aryl methyl sites for hydroxylation is 2. The third-order valence-electron chi connectivity index (χ3n) is 1.36. The monoisotopic (exact) mass is 169 g/mol. The summed E-state index contributed by atoms with van der Waals surface area (Å²) in [5.41, 5.74) is 6.35. The highest BCUT2D eigenvalue weighted by molar-refractivity contribution is 5.92. The molecule has 0 aliphatic carbocycles. The molecule has 1 amide bonds. The Morgan fingerprint density at radius 2 is 2.08 bits per heavy atom. The summed E-state index contributed by atoms with van der Waals surface area (Å²) < 4.78 is 1.47. The van der Waals surface area contributed by atoms with Crippen molar-refractivity contribution in [3.63, 3.8) is 0 Å². The fourth-order valence-electron chi connectivity index (χ4n) is 0.901. The van der Waals surface area contributed by atoms with Gasteiger partial charge in [-0.05, 0) is 12.5 Å². The molecule has 4 nitrogen and oxygen atoms in total. The van der Waals surface area contributed by atoms with Gasteiger partial charge < -0.3 is 5.73 Å². The molecule has 0 bridgehead atoms. The third-order valence-corrected chi connectivity index (χ3v) is 1.36. The van der Waals surface area contributed by atoms with Gasteiger partial charge in [0.1, 0.15) is 5.69 Å². The van der Waals surface area contributed by atoms with Gasteiger partial charge in [-0.2, -0.15) is 5.10 Å². The van der Waals surface area contributed by atoms with Crippen molar-refractivity contribution < 1.29 is 4.79 Å². The molecular weight excluding hydrogens is 154 g/mol. The van der Waals surface area contributed by atoms with Crippen LogP contribution in [0.4, 0.5) is 0 Å². The summed E-state index contributed by atoms with van der Waals surface area (Å²) in [5.74, 6) is -0.433. The number of aromatic nitrogens is 2. The van der Waals surface area contributed by atoms with Crippen LogP contribution >= 0.6 is 0 Å². The molecule has 0 unspecified atom stereocenters. The van der Waals surface area contributed by atoms with Crippen LogP contribution < -0.4 is 5.73 Å². The number of primary amides is 1. The SMILES string of the molecule is CC.Cc1cnn(C)c1C(N)=O. The van der Waals surface area contributed by atoms with Crippen molar-refractivity contribution in [2.75, 3.05) is 0 Å². The van der Waals surface area contributed by atoms with Gasteiger partial charge in [0.2, 0.25) is 0 Å². The zero-order valence-corrected chi connectivity index (χ0v) is 7.96. The highest BCUT2D eigenvalue weighted by Gasteiger charge is 2.08. The Labute approximate surface area is 72.4 Å². The summed E-state index contributed by atoms with van der Waals surface area (Å²) in [4.78, 5) is 10.7. The molecule has 0 aliphatic heterocycles. The van der Waals surface area contributed by atoms with E-state index in [0.717, 1.165) is 5.56 Å². The number of hydrogen-bond acceptors (Lipinski definition) is 2. The molecule has 0 fully saturated rings. The summed E-state index contributed by atoms with van der Waals surface area (Å²) in [7, 11) is 1.69. The van der Waals surface area contributed by atoms with E-state index in [0.29, 0.717) is 5.69 Å². The molecule has 0 atom stereocenters. The lowest BCUT2D eigenvalue weighted by atomic mass is 10.3. The van der Waals surface area contributed by atoms with Crippen LogP contribution in [0.5, 0.6) is 0 Å². The van der Waals surface area contributed by atoms with E-state index in [1.54, 1.807) is 20.2 Å². The van der Waals surface area contributed by atoms with Crippen LogP contribution in [0.3, 0.4) is 0 Å². The number of nitrogens with two attached hydrogens (primary N) is 1. The quantitative estimate of drug-likeness (QED) is 0.677. The largest absolute Gasteiger partial charge is 0.364 e. The molecule has 2 N–H and O–H groups in total. The Kier molecular flexibility index (Phi) is 4.04. The van der Waals surface area contributed by atoms with Crippen LogP contribution in [-0.4, -0.2) is 15.7 Å². The van der Waals surface area contributed by atoms with Gasteiger partial charge in [-0.25, -0.2) is 0 Å². The summed E-state index contributed by atoms with van der Waals surface area (Å²) in [6.07, 6.45) is 1.61. The molecule has 0 aromatic carbocycles. The molecule has 0 saturated carbocycles. The second-order valence-corrected chi connectivity index (χ2v) is 2.16. The number of amides is 1. The number of carbonyl (C=O) groups excluding carboxylic acids is 1. The van der Waals surface area contributed by atoms with Crippen LogP contribution in [0.25, 0.3) is 0 Å². The maximum atomic E-state index is 10.7. The zero-order valence-electron chi connectivity index (χ0n) is 7.96. The lowest BCUT2D eigenvalue weighted by molar-refractivity contribution is 0.0991. The standard InChI is InChI=1S/C6H9N3O.C2H6/c1-4-3-8-9(2)5(4)6(7)10;1-2/h3H,1-2H3,(H2,7,10);1-2H3. The molecule has 1 heterocycles. The topological polar surface area (TPSA) is 60.9 Å². The van der Waals surface area contributed by atoms with E-state index in [4.69, 9.17) is 5.73 Å². The van der Waals surface area contributed by atoms with Crippen molar-refractivity contribution in [1.82, 2.24) is 9.78 Å². The molecule has 0 aliphatic rings. The first kappa shape index (κ1) is 10.7. The lowest BCUT2D eigenvalue weighted by Gasteiger charge is -1.95. The third kappa shape index (κ3) is 2.08. The Hall–Kier alpha value is -1.32. The first-order chi connectivity index (χ1) is 5.63. The van der Waals surface area contributed by atoms with Gasteiger partial charge in [0.15, 0.2) is 0 Å². The average Bonchev–Trinajstić information content (AvgIpc) is 2.35. The molecule has 1 rings (SSSR count). The molecule has 0 saturated heterocycles. The highest BCUT2D eigenvalue weighted by Crippen LogP contribution is 2.02. The van der Waals surface area contributed by atoms with Gasteiger partial charge in [0.05, 0.1) is 6.20 Å². The van der Waals surface area contributed by atoms with Crippen LogP contribution in [0.15, 0.2) is 6.20 Å². The van der Waals surface area contributed by atoms with Crippen molar-refractivity contribution in [3.8, 4) is 0 Å². The smallest absolute Gasteiger partial charge is 0.267 e. The van der Waals surface area contributed by atoms with Gasteiger partial charge in [-0.1, -0.05) is 13.8 Å². The summed E-state index contributed by atoms with van der Waals surface area (Å²) in [6, 6.07) is 0. The predicted molar refractivity (Wildman–Crippen MR) is 47.8 cm³/mol. The highest BCUT2D eigenvalue weighted by atomic mass is 16.1. The van der Waals surface area contributed by atoms with Crippen molar-refractivity contribution in [3.05, 3.63) is 17.5 Å². The minimum atomic E-state index is -0.433. The molecule has 1 aromatic rings. The van der Waals surface area contributed by atoms with Crippen molar-refractivity contribution in [2.45, 2.75) is 20.8 Å². The van der Waals surface area contributed by atoms with E-state index in [9.17, 15) is 4.79 Å². The molecule has 1 aromatic heterocycles. The van der Waals surface area contributed by atoms with Gasteiger partial charge in [0, 0.05) is 7.05 Å². The van der Waals surface area contributed by atoms with E-state index < -0.39 is 5.91 Å². The van der Waals surface area contributed by atoms with E-state index in [1.165, 1.54) is 4.68 Å². The fourth-order valence-corrected chi connectivity index (χ4v) is 0.901. The lowest BCUT2D eigenvalue weighted by Crippen LogP contribution is -2.16. The van der Waals surface area contributed by atoms with Gasteiger partial charge in [-0.3, -0.25) is 9.48 Å². The summed E-state index contributed by atoms with van der Waals surface area (Å²) in [6.45, 7) is 5.80. The van der Waals surface area contributed by atoms with Crippen LogP contribution in [0.2, 0.25) is 0 Å². The first-order valence-corrected chi connectivity index (χ1v) is 3.91. The number of hydrogen-bond donors (Lipinski definition) is 1. The van der Waals surface area contributed by atoms with Crippen LogP contribution in [0, 0.1) is 6.92 Å². The van der Waals surface area contributed by atoms with Crippen molar-refractivity contribution in [2.24, 2.45) is 12.8 Å². The minimum Gasteiger partial charge on any atom is -0.364 e. The van der Waals surface area contributed by atoms with Crippen molar-refractivity contribution >= 4 is 5.91 Å². The normalized spacial score (nSPS) is 8.67. The van der Waals surface area contributed by atoms with Gasteiger partial charge in [-0.15, -0.1) is 0 Å². The zero-order chi connectivity index (χ0) is 9.72. The van der Waals surface area contributed by atoms with Gasteiger partial charge >= 0.3 is 0 Å². The molecular formula is C8H15N3O. The predicted octanol–water partition coefficient (Wildman–Crippen LogP) is 0.854. The second kappa shape index (κ2) is 4.54. The first-order valence-electron chi connectivity index (χ1n) is 3.91. The number of nitrogens with zero attached hydrogens (tertiary/aromatic N) is 2. The Morgan fingerprint density at radius 1 is 1.58 bits per heavy atom. The molecule has 12 heavy (non-hydrogen) atoms. The number of rotatable bonds is 1. The molecule has 4 heteroatoms. The summed E-state index contributed by atoms with van der Waals surface area (Å²) in [5, 5.41) is 3.85. The molecule has 0 spiro atoms. The molecule has 0 radical (unpaired) electrons. The summed E-state index contributed by atoms with van der Waals surface area (Å²) >= 11 is 0. The van der Waals surface area contributed by atoms with E-state index in [1.807, 2.05) is 13.8 Å².